The Morgan fingerprint density at radius 3 is 2.83 bits per heavy atom. The zero-order chi connectivity index (χ0) is 8.55. The minimum Gasteiger partial charge on any atom is -0.271 e. The van der Waals surface area contributed by atoms with Crippen molar-refractivity contribution >= 4 is 11.5 Å². The van der Waals surface area contributed by atoms with Crippen LogP contribution in [0.1, 0.15) is 29.5 Å². The summed E-state index contributed by atoms with van der Waals surface area (Å²) in [6, 6.07) is 0.282. The summed E-state index contributed by atoms with van der Waals surface area (Å²) >= 11 is 1.45. The van der Waals surface area contributed by atoms with E-state index < -0.39 is 0 Å². The van der Waals surface area contributed by atoms with E-state index in [1.54, 1.807) is 0 Å². The number of rotatable bonds is 3. The topological polar surface area (TPSA) is 63.8 Å². The number of nitrogens with one attached hydrogen (secondary N) is 1. The van der Waals surface area contributed by atoms with Crippen LogP contribution in [0, 0.1) is 12.8 Å². The van der Waals surface area contributed by atoms with E-state index in [-0.39, 0.29) is 6.04 Å². The van der Waals surface area contributed by atoms with Crippen LogP contribution in [-0.2, 0) is 0 Å². The van der Waals surface area contributed by atoms with E-state index in [0.717, 1.165) is 5.69 Å². The van der Waals surface area contributed by atoms with Crippen LogP contribution in [-0.4, -0.2) is 9.59 Å². The molecular formula is C7H12N4S. The normalized spacial score (nSPS) is 19.5. The highest BCUT2D eigenvalue weighted by Crippen LogP contribution is 2.41. The highest BCUT2D eigenvalue weighted by Gasteiger charge is 2.33. The van der Waals surface area contributed by atoms with Gasteiger partial charge in [-0.3, -0.25) is 11.3 Å². The summed E-state index contributed by atoms with van der Waals surface area (Å²) < 4.78 is 3.90. The van der Waals surface area contributed by atoms with Crippen LogP contribution in [0.5, 0.6) is 0 Å². The van der Waals surface area contributed by atoms with Gasteiger partial charge >= 0.3 is 0 Å². The molecule has 1 aliphatic carbocycles. The van der Waals surface area contributed by atoms with Crippen molar-refractivity contribution in [2.45, 2.75) is 25.8 Å². The van der Waals surface area contributed by atoms with Gasteiger partial charge in [0.25, 0.3) is 0 Å². The molecule has 2 rings (SSSR count). The number of aromatic nitrogens is 2. The van der Waals surface area contributed by atoms with Gasteiger partial charge in [0.2, 0.25) is 0 Å². The zero-order valence-corrected chi connectivity index (χ0v) is 7.77. The molecule has 1 aromatic heterocycles. The maximum atomic E-state index is 5.47. The summed E-state index contributed by atoms with van der Waals surface area (Å²) in [5.74, 6) is 6.18. The van der Waals surface area contributed by atoms with Gasteiger partial charge in [0.05, 0.1) is 16.6 Å². The predicted octanol–water partition coefficient (Wildman–Crippen LogP) is 0.761. The lowest BCUT2D eigenvalue weighted by Gasteiger charge is -2.11. The van der Waals surface area contributed by atoms with Crippen molar-refractivity contribution in [1.82, 2.24) is 15.0 Å². The Hall–Kier alpha value is -0.520. The second-order valence-electron chi connectivity index (χ2n) is 3.20. The van der Waals surface area contributed by atoms with Crippen LogP contribution in [0.25, 0.3) is 0 Å². The maximum Gasteiger partial charge on any atom is 0.0773 e. The first kappa shape index (κ1) is 8.10. The minimum absolute atomic E-state index is 0.282. The first-order chi connectivity index (χ1) is 5.83. The molecular weight excluding hydrogens is 172 g/mol. The summed E-state index contributed by atoms with van der Waals surface area (Å²) in [7, 11) is 0. The van der Waals surface area contributed by atoms with Crippen LogP contribution in [0.4, 0.5) is 0 Å². The molecule has 0 bridgehead atoms. The molecule has 1 heterocycles. The van der Waals surface area contributed by atoms with Crippen molar-refractivity contribution in [2.24, 2.45) is 11.8 Å². The second-order valence-corrected chi connectivity index (χ2v) is 3.99. The van der Waals surface area contributed by atoms with Crippen molar-refractivity contribution in [2.75, 3.05) is 0 Å². The lowest BCUT2D eigenvalue weighted by Crippen LogP contribution is -2.29. The molecule has 1 fully saturated rings. The van der Waals surface area contributed by atoms with Gasteiger partial charge < -0.3 is 0 Å². The van der Waals surface area contributed by atoms with Gasteiger partial charge in [0.1, 0.15) is 0 Å². The van der Waals surface area contributed by atoms with Crippen LogP contribution in [0.2, 0.25) is 0 Å². The van der Waals surface area contributed by atoms with Gasteiger partial charge in [-0.1, -0.05) is 4.49 Å². The molecule has 0 saturated heterocycles. The van der Waals surface area contributed by atoms with Crippen molar-refractivity contribution in [3.8, 4) is 0 Å². The molecule has 66 valence electrons. The average Bonchev–Trinajstić information content (AvgIpc) is 2.80. The second kappa shape index (κ2) is 3.08. The molecule has 0 aliphatic heterocycles. The Kier molecular flexibility index (Phi) is 2.08. The molecule has 0 spiro atoms. The Morgan fingerprint density at radius 2 is 2.42 bits per heavy atom. The summed E-state index contributed by atoms with van der Waals surface area (Å²) in [6.45, 7) is 1.98. The van der Waals surface area contributed by atoms with Gasteiger partial charge in [-0.05, 0) is 37.2 Å². The monoisotopic (exact) mass is 184 g/mol. The first-order valence-electron chi connectivity index (χ1n) is 4.08. The zero-order valence-electron chi connectivity index (χ0n) is 6.95. The molecule has 0 radical (unpaired) electrons. The summed E-state index contributed by atoms with van der Waals surface area (Å²) in [5, 5.41) is 3.97. The number of nitrogens with zero attached hydrogens (tertiary/aromatic N) is 2. The molecule has 5 heteroatoms. The third-order valence-electron chi connectivity index (χ3n) is 2.24. The molecule has 1 saturated carbocycles. The average molecular weight is 184 g/mol. The molecule has 1 aliphatic rings. The van der Waals surface area contributed by atoms with Crippen LogP contribution in [0.3, 0.4) is 0 Å². The fourth-order valence-electron chi connectivity index (χ4n) is 1.38. The SMILES string of the molecule is Cc1nnsc1C(NN)C1CC1. The fourth-order valence-corrected chi connectivity index (χ4v) is 2.18. The minimum atomic E-state index is 0.282. The molecule has 12 heavy (non-hydrogen) atoms. The maximum absolute atomic E-state index is 5.47. The molecule has 3 N–H and O–H groups in total. The van der Waals surface area contributed by atoms with Gasteiger partial charge in [-0.2, -0.15) is 0 Å². The molecule has 0 aromatic carbocycles. The largest absolute Gasteiger partial charge is 0.271 e. The number of hydrogen-bond acceptors (Lipinski definition) is 5. The third kappa shape index (κ3) is 1.35. The third-order valence-corrected chi connectivity index (χ3v) is 3.15. The molecule has 0 amide bonds. The number of aryl methyl sites for hydroxylation is 1. The molecule has 1 aromatic rings. The van der Waals surface area contributed by atoms with E-state index in [1.165, 1.54) is 29.3 Å². The van der Waals surface area contributed by atoms with Crippen molar-refractivity contribution < 1.29 is 0 Å². The number of hydrogen-bond donors (Lipinski definition) is 2. The quantitative estimate of drug-likeness (QED) is 0.538. The van der Waals surface area contributed by atoms with Crippen LogP contribution >= 0.6 is 11.5 Å². The van der Waals surface area contributed by atoms with E-state index in [0.29, 0.717) is 5.92 Å². The lowest BCUT2D eigenvalue weighted by molar-refractivity contribution is 0.501. The van der Waals surface area contributed by atoms with Crippen LogP contribution < -0.4 is 11.3 Å². The summed E-state index contributed by atoms with van der Waals surface area (Å²) in [5.41, 5.74) is 3.85. The Labute approximate surface area is 75.3 Å². The Bertz CT molecular complexity index is 268. The van der Waals surface area contributed by atoms with E-state index in [2.05, 4.69) is 15.0 Å². The van der Waals surface area contributed by atoms with Crippen molar-refractivity contribution in [3.05, 3.63) is 10.6 Å². The Morgan fingerprint density at radius 1 is 1.67 bits per heavy atom. The Balaban J connectivity index is 2.20. The highest BCUT2D eigenvalue weighted by molar-refractivity contribution is 7.05. The van der Waals surface area contributed by atoms with Gasteiger partial charge in [-0.25, -0.2) is 0 Å². The highest BCUT2D eigenvalue weighted by atomic mass is 32.1. The van der Waals surface area contributed by atoms with E-state index in [9.17, 15) is 0 Å². The smallest absolute Gasteiger partial charge is 0.0773 e. The van der Waals surface area contributed by atoms with Crippen molar-refractivity contribution in [3.63, 3.8) is 0 Å². The van der Waals surface area contributed by atoms with E-state index in [4.69, 9.17) is 5.84 Å². The lowest BCUT2D eigenvalue weighted by atomic mass is 10.1. The van der Waals surface area contributed by atoms with Gasteiger partial charge in [0, 0.05) is 0 Å². The van der Waals surface area contributed by atoms with E-state index in [1.807, 2.05) is 6.92 Å². The molecule has 1 unspecified atom stereocenters. The first-order valence-corrected chi connectivity index (χ1v) is 4.85. The summed E-state index contributed by atoms with van der Waals surface area (Å²) in [6.07, 6.45) is 2.54. The van der Waals surface area contributed by atoms with Gasteiger partial charge in [0.15, 0.2) is 0 Å². The standard InChI is InChI=1S/C7H12N4S/c1-4-7(12-11-10-4)6(9-8)5-2-3-5/h5-6,9H,2-3,8H2,1H3. The van der Waals surface area contributed by atoms with E-state index >= 15 is 0 Å². The molecule has 4 nitrogen and oxygen atoms in total. The predicted molar refractivity (Wildman–Crippen MR) is 47.4 cm³/mol. The molecule has 1 atom stereocenters. The van der Waals surface area contributed by atoms with Crippen LogP contribution in [0.15, 0.2) is 0 Å². The van der Waals surface area contributed by atoms with Crippen molar-refractivity contribution in [1.29, 1.82) is 0 Å². The fraction of sp³-hybridized carbons (Fsp3) is 0.714. The number of nitrogens with two attached hydrogens (primary N) is 1. The number of hydrazine groups is 1. The van der Waals surface area contributed by atoms with Gasteiger partial charge in [-0.15, -0.1) is 5.10 Å². The summed E-state index contributed by atoms with van der Waals surface area (Å²) in [4.78, 5) is 1.19.